The first-order valence-electron chi connectivity index (χ1n) is 3.75. The molecule has 13 heavy (non-hydrogen) atoms. The lowest BCUT2D eigenvalue weighted by Gasteiger charge is -1.92. The molecule has 0 radical (unpaired) electrons. The van der Waals surface area contributed by atoms with Gasteiger partial charge in [-0.2, -0.15) is 0 Å². The van der Waals surface area contributed by atoms with Gasteiger partial charge in [0.25, 0.3) is 0 Å². The third-order valence-electron chi connectivity index (χ3n) is 1.18. The van der Waals surface area contributed by atoms with Gasteiger partial charge < -0.3 is 5.11 Å². The van der Waals surface area contributed by atoms with Crippen molar-refractivity contribution in [2.24, 2.45) is 0 Å². The molecule has 0 aromatic heterocycles. The third-order valence-corrected chi connectivity index (χ3v) is 1.18. The lowest BCUT2D eigenvalue weighted by atomic mass is 10.1. The van der Waals surface area contributed by atoms with Crippen molar-refractivity contribution >= 4 is 5.97 Å². The summed E-state index contributed by atoms with van der Waals surface area (Å²) >= 11 is 0. The minimum Gasteiger partial charge on any atom is -0.481 e. The van der Waals surface area contributed by atoms with Crippen LogP contribution in [0.25, 0.3) is 0 Å². The molecule has 0 aliphatic heterocycles. The summed E-state index contributed by atoms with van der Waals surface area (Å²) in [5.41, 5.74) is 1.18. The number of aliphatic carboxylic acids is 1. The predicted molar refractivity (Wildman–Crippen MR) is 53.1 cm³/mol. The highest BCUT2D eigenvalue weighted by atomic mass is 16.4. The molecule has 0 fully saturated rings. The van der Waals surface area contributed by atoms with Gasteiger partial charge in [0.05, 0.1) is 6.42 Å². The molecule has 0 spiro atoms. The molecule has 0 saturated heterocycles. The number of carboxylic acids is 1. The fraction of sp³-hybridized carbons (Fsp3) is 0.182. The van der Waals surface area contributed by atoms with Crippen LogP contribution in [0.5, 0.6) is 0 Å². The number of carbonyl (C=O) groups is 1. The number of rotatable bonds is 4. The van der Waals surface area contributed by atoms with E-state index in [2.05, 4.69) is 25.0 Å². The summed E-state index contributed by atoms with van der Waals surface area (Å²) in [5, 5.41) is 8.41. The van der Waals surface area contributed by atoms with Crippen LogP contribution >= 0.6 is 0 Å². The SMILES string of the molecule is C=C(C#CC)/C=C\C(=C)CC(=O)O. The van der Waals surface area contributed by atoms with Gasteiger partial charge in [-0.1, -0.05) is 25.2 Å². The molecule has 0 aromatic carbocycles. The molecule has 1 N–H and O–H groups in total. The first kappa shape index (κ1) is 11.2. The van der Waals surface area contributed by atoms with E-state index >= 15 is 0 Å². The lowest BCUT2D eigenvalue weighted by molar-refractivity contribution is -0.136. The lowest BCUT2D eigenvalue weighted by Crippen LogP contribution is -1.94. The highest BCUT2D eigenvalue weighted by Gasteiger charge is 1.96. The van der Waals surface area contributed by atoms with Crippen molar-refractivity contribution in [3.63, 3.8) is 0 Å². The largest absolute Gasteiger partial charge is 0.481 e. The van der Waals surface area contributed by atoms with Gasteiger partial charge in [0.15, 0.2) is 0 Å². The summed E-state index contributed by atoms with van der Waals surface area (Å²) in [4.78, 5) is 10.2. The Morgan fingerprint density at radius 2 is 2.08 bits per heavy atom. The van der Waals surface area contributed by atoms with Crippen LogP contribution in [-0.4, -0.2) is 11.1 Å². The first-order valence-corrected chi connectivity index (χ1v) is 3.75. The van der Waals surface area contributed by atoms with Crippen LogP contribution in [0.1, 0.15) is 13.3 Å². The molecule has 0 unspecified atom stereocenters. The van der Waals surface area contributed by atoms with Crippen LogP contribution in [0.15, 0.2) is 36.5 Å². The maximum atomic E-state index is 10.2. The van der Waals surface area contributed by atoms with Crippen LogP contribution < -0.4 is 0 Å². The van der Waals surface area contributed by atoms with Gasteiger partial charge in [-0.25, -0.2) is 0 Å². The van der Waals surface area contributed by atoms with Crippen LogP contribution in [0.2, 0.25) is 0 Å². The molecule has 0 atom stereocenters. The maximum absolute atomic E-state index is 10.2. The van der Waals surface area contributed by atoms with E-state index in [1.165, 1.54) is 0 Å². The number of hydrogen-bond acceptors (Lipinski definition) is 1. The third kappa shape index (κ3) is 6.64. The molecule has 0 aliphatic carbocycles. The van der Waals surface area contributed by atoms with Gasteiger partial charge in [-0.05, 0) is 18.6 Å². The second-order valence-electron chi connectivity index (χ2n) is 2.46. The van der Waals surface area contributed by atoms with Gasteiger partial charge in [-0.15, -0.1) is 5.92 Å². The van der Waals surface area contributed by atoms with Crippen molar-refractivity contribution in [3.8, 4) is 11.8 Å². The van der Waals surface area contributed by atoms with Crippen LogP contribution in [0, 0.1) is 11.8 Å². The zero-order chi connectivity index (χ0) is 10.3. The average molecular weight is 176 g/mol. The van der Waals surface area contributed by atoms with E-state index < -0.39 is 5.97 Å². The standard InChI is InChI=1S/C11H12O2/c1-4-5-9(2)6-7-10(3)8-11(12)13/h6-7H,2-3,8H2,1H3,(H,12,13)/b7-6-. The highest BCUT2D eigenvalue weighted by Crippen LogP contribution is 2.01. The van der Waals surface area contributed by atoms with E-state index in [0.29, 0.717) is 11.1 Å². The topological polar surface area (TPSA) is 37.3 Å². The van der Waals surface area contributed by atoms with E-state index in [1.54, 1.807) is 19.1 Å². The van der Waals surface area contributed by atoms with Crippen molar-refractivity contribution < 1.29 is 9.90 Å². The molecule has 0 saturated carbocycles. The molecule has 0 bridgehead atoms. The van der Waals surface area contributed by atoms with Crippen molar-refractivity contribution in [1.82, 2.24) is 0 Å². The van der Waals surface area contributed by atoms with E-state index in [0.717, 1.165) is 0 Å². The zero-order valence-electron chi connectivity index (χ0n) is 7.63. The van der Waals surface area contributed by atoms with E-state index in [1.807, 2.05) is 0 Å². The summed E-state index contributed by atoms with van der Waals surface area (Å²) in [6.07, 6.45) is 3.21. The zero-order valence-corrected chi connectivity index (χ0v) is 7.63. The van der Waals surface area contributed by atoms with Crippen molar-refractivity contribution in [2.45, 2.75) is 13.3 Å². The minimum absolute atomic E-state index is 0.0522. The Bertz CT molecular complexity index is 311. The van der Waals surface area contributed by atoms with E-state index in [-0.39, 0.29) is 6.42 Å². The Balaban J connectivity index is 4.10. The van der Waals surface area contributed by atoms with Gasteiger partial charge in [0.1, 0.15) is 0 Å². The highest BCUT2D eigenvalue weighted by molar-refractivity contribution is 5.70. The Hall–Kier alpha value is -1.75. The molecule has 0 heterocycles. The summed E-state index contributed by atoms with van der Waals surface area (Å²) in [7, 11) is 0. The van der Waals surface area contributed by atoms with Gasteiger partial charge >= 0.3 is 5.97 Å². The minimum atomic E-state index is -0.887. The molecule has 68 valence electrons. The van der Waals surface area contributed by atoms with Gasteiger partial charge in [0.2, 0.25) is 0 Å². The second kappa shape index (κ2) is 5.84. The van der Waals surface area contributed by atoms with Gasteiger partial charge in [-0.3, -0.25) is 4.79 Å². The molecular formula is C11H12O2. The summed E-state index contributed by atoms with van der Waals surface area (Å²) in [6.45, 7) is 8.93. The van der Waals surface area contributed by atoms with E-state index in [4.69, 9.17) is 5.11 Å². The fourth-order valence-corrected chi connectivity index (χ4v) is 0.674. The van der Waals surface area contributed by atoms with Crippen molar-refractivity contribution in [3.05, 3.63) is 36.5 Å². The normalized spacial score (nSPS) is 9.00. The Morgan fingerprint density at radius 3 is 2.54 bits per heavy atom. The Kier molecular flexibility index (Phi) is 5.06. The van der Waals surface area contributed by atoms with Crippen molar-refractivity contribution in [2.75, 3.05) is 0 Å². The molecule has 0 rings (SSSR count). The van der Waals surface area contributed by atoms with Crippen LogP contribution in [0.3, 0.4) is 0 Å². The molecule has 2 heteroatoms. The first-order chi connectivity index (χ1) is 6.06. The number of hydrogen-bond donors (Lipinski definition) is 1. The Morgan fingerprint density at radius 1 is 1.46 bits per heavy atom. The summed E-state index contributed by atoms with van der Waals surface area (Å²) < 4.78 is 0. The molecule has 0 amide bonds. The molecule has 0 aliphatic rings. The Labute approximate surface area is 78.3 Å². The van der Waals surface area contributed by atoms with Gasteiger partial charge in [0, 0.05) is 5.57 Å². The molecule has 2 nitrogen and oxygen atoms in total. The molecule has 0 aromatic rings. The van der Waals surface area contributed by atoms with E-state index in [9.17, 15) is 4.79 Å². The van der Waals surface area contributed by atoms with Crippen molar-refractivity contribution in [1.29, 1.82) is 0 Å². The smallest absolute Gasteiger partial charge is 0.307 e. The maximum Gasteiger partial charge on any atom is 0.307 e. The fourth-order valence-electron chi connectivity index (χ4n) is 0.674. The summed E-state index contributed by atoms with van der Waals surface area (Å²) in [5.74, 6) is 4.53. The number of carboxylic acid groups (broad SMARTS) is 1. The van der Waals surface area contributed by atoms with Crippen LogP contribution in [0.4, 0.5) is 0 Å². The number of allylic oxidation sites excluding steroid dienone is 3. The van der Waals surface area contributed by atoms with Crippen LogP contribution in [-0.2, 0) is 4.79 Å². The summed E-state index contributed by atoms with van der Waals surface area (Å²) in [6, 6.07) is 0. The quantitative estimate of drug-likeness (QED) is 0.526. The average Bonchev–Trinajstić information content (AvgIpc) is 2.00. The monoisotopic (exact) mass is 176 g/mol. The second-order valence-corrected chi connectivity index (χ2v) is 2.46. The molecular weight excluding hydrogens is 164 g/mol. The predicted octanol–water partition coefficient (Wildman–Crippen LogP) is 2.15.